The maximum Gasteiger partial charge on any atom is 0.262 e. The normalized spacial score (nSPS) is 10.3. The molecule has 2 N–H and O–H groups in total. The Labute approximate surface area is 110 Å². The van der Waals surface area contributed by atoms with Gasteiger partial charge >= 0.3 is 0 Å². The number of amides is 1. The van der Waals surface area contributed by atoms with Crippen molar-refractivity contribution in [1.82, 2.24) is 0 Å². The number of carbonyl (C=O) groups excluding carboxylic acids is 1. The van der Waals surface area contributed by atoms with Gasteiger partial charge in [0, 0.05) is 5.69 Å². The number of benzene rings is 2. The van der Waals surface area contributed by atoms with Crippen molar-refractivity contribution in [2.24, 2.45) is 0 Å². The molecule has 0 fully saturated rings. The van der Waals surface area contributed by atoms with E-state index in [-0.39, 0.29) is 11.3 Å². The summed E-state index contributed by atoms with van der Waals surface area (Å²) in [4.78, 5) is 12.0. The van der Waals surface area contributed by atoms with E-state index < -0.39 is 11.7 Å². The van der Waals surface area contributed by atoms with Crippen LogP contribution in [0.15, 0.2) is 36.4 Å². The maximum absolute atomic E-state index is 13.6. The van der Waals surface area contributed by atoms with E-state index in [1.807, 2.05) is 19.9 Å². The van der Waals surface area contributed by atoms with Crippen LogP contribution in [0.4, 0.5) is 10.1 Å². The predicted molar refractivity (Wildman–Crippen MR) is 71.9 cm³/mol. The van der Waals surface area contributed by atoms with Crippen LogP contribution in [0.1, 0.15) is 21.5 Å². The highest BCUT2D eigenvalue weighted by atomic mass is 19.1. The average Bonchev–Trinajstić information content (AvgIpc) is 2.35. The number of phenols is 1. The molecule has 4 heteroatoms. The van der Waals surface area contributed by atoms with Crippen molar-refractivity contribution in [3.63, 3.8) is 0 Å². The van der Waals surface area contributed by atoms with Crippen LogP contribution in [-0.4, -0.2) is 11.0 Å². The lowest BCUT2D eigenvalue weighted by Crippen LogP contribution is -2.15. The number of aryl methyl sites for hydroxylation is 1. The van der Waals surface area contributed by atoms with Crippen molar-refractivity contribution in [2.75, 3.05) is 5.32 Å². The molecule has 0 radical (unpaired) electrons. The molecule has 0 unspecified atom stereocenters. The second kappa shape index (κ2) is 5.10. The lowest BCUT2D eigenvalue weighted by atomic mass is 10.1. The van der Waals surface area contributed by atoms with Crippen LogP contribution in [0.3, 0.4) is 0 Å². The Hall–Kier alpha value is -2.36. The summed E-state index contributed by atoms with van der Waals surface area (Å²) in [5, 5.41) is 12.2. The highest BCUT2D eigenvalue weighted by Gasteiger charge is 2.17. The smallest absolute Gasteiger partial charge is 0.262 e. The summed E-state index contributed by atoms with van der Waals surface area (Å²) in [5.41, 5.74) is 2.19. The number of rotatable bonds is 2. The largest absolute Gasteiger partial charge is 0.507 e. The topological polar surface area (TPSA) is 49.3 Å². The van der Waals surface area contributed by atoms with Gasteiger partial charge < -0.3 is 10.4 Å². The molecule has 2 aromatic rings. The fourth-order valence-corrected chi connectivity index (χ4v) is 1.81. The first kappa shape index (κ1) is 13.1. The van der Waals surface area contributed by atoms with Crippen molar-refractivity contribution < 1.29 is 14.3 Å². The number of carbonyl (C=O) groups is 1. The molecule has 0 spiro atoms. The minimum Gasteiger partial charge on any atom is -0.507 e. The molecule has 98 valence electrons. The van der Waals surface area contributed by atoms with Crippen LogP contribution in [0.5, 0.6) is 5.75 Å². The summed E-state index contributed by atoms with van der Waals surface area (Å²) < 4.78 is 13.6. The Balaban J connectivity index is 2.34. The molecular weight excluding hydrogens is 245 g/mol. The van der Waals surface area contributed by atoms with Crippen LogP contribution in [0.2, 0.25) is 0 Å². The minimum atomic E-state index is -0.747. The molecule has 0 aliphatic rings. The molecule has 2 rings (SSSR count). The van der Waals surface area contributed by atoms with E-state index in [1.165, 1.54) is 12.1 Å². The Morgan fingerprint density at radius 1 is 1.16 bits per heavy atom. The summed E-state index contributed by atoms with van der Waals surface area (Å²) in [5.74, 6) is -1.78. The second-order valence-corrected chi connectivity index (χ2v) is 4.34. The van der Waals surface area contributed by atoms with Gasteiger partial charge in [-0.25, -0.2) is 4.39 Å². The number of nitrogens with one attached hydrogen (secondary N) is 1. The van der Waals surface area contributed by atoms with E-state index in [1.54, 1.807) is 12.1 Å². The van der Waals surface area contributed by atoms with Crippen molar-refractivity contribution in [2.45, 2.75) is 13.8 Å². The number of hydrogen-bond donors (Lipinski definition) is 2. The predicted octanol–water partition coefficient (Wildman–Crippen LogP) is 3.40. The van der Waals surface area contributed by atoms with E-state index in [2.05, 4.69) is 5.32 Å². The summed E-state index contributed by atoms with van der Waals surface area (Å²) >= 11 is 0. The SMILES string of the molecule is Cc1cccc(NC(=O)c2c(O)cccc2F)c1C. The number of anilines is 1. The first-order valence-corrected chi connectivity index (χ1v) is 5.85. The standard InChI is InChI=1S/C15H14FNO2/c1-9-5-3-7-12(10(9)2)17-15(19)14-11(16)6-4-8-13(14)18/h3-8,18H,1-2H3,(H,17,19). The van der Waals surface area contributed by atoms with Gasteiger partial charge in [0.2, 0.25) is 0 Å². The van der Waals surface area contributed by atoms with E-state index >= 15 is 0 Å². The molecule has 0 saturated heterocycles. The zero-order valence-corrected chi connectivity index (χ0v) is 10.7. The molecule has 1 amide bonds. The van der Waals surface area contributed by atoms with Gasteiger partial charge in [0.15, 0.2) is 0 Å². The number of aromatic hydroxyl groups is 1. The molecule has 2 aromatic carbocycles. The van der Waals surface area contributed by atoms with Crippen molar-refractivity contribution >= 4 is 11.6 Å². The molecule has 0 aliphatic carbocycles. The highest BCUT2D eigenvalue weighted by Crippen LogP contribution is 2.23. The zero-order chi connectivity index (χ0) is 14.0. The van der Waals surface area contributed by atoms with Gasteiger partial charge in [-0.2, -0.15) is 0 Å². The Morgan fingerprint density at radius 2 is 1.84 bits per heavy atom. The van der Waals surface area contributed by atoms with Crippen molar-refractivity contribution in [3.8, 4) is 5.75 Å². The molecule has 0 aliphatic heterocycles. The summed E-state index contributed by atoms with van der Waals surface area (Å²) in [6.45, 7) is 3.79. The summed E-state index contributed by atoms with van der Waals surface area (Å²) in [6, 6.07) is 9.22. The Kier molecular flexibility index (Phi) is 3.51. The summed E-state index contributed by atoms with van der Waals surface area (Å²) in [6.07, 6.45) is 0. The monoisotopic (exact) mass is 259 g/mol. The molecular formula is C15H14FNO2. The van der Waals surface area contributed by atoms with Crippen molar-refractivity contribution in [1.29, 1.82) is 0 Å². The van der Waals surface area contributed by atoms with Gasteiger partial charge in [0.05, 0.1) is 0 Å². The zero-order valence-electron chi connectivity index (χ0n) is 10.7. The molecule has 19 heavy (non-hydrogen) atoms. The fraction of sp³-hybridized carbons (Fsp3) is 0.133. The lowest BCUT2D eigenvalue weighted by molar-refractivity contribution is 0.102. The third kappa shape index (κ3) is 2.57. The summed E-state index contributed by atoms with van der Waals surface area (Å²) in [7, 11) is 0. The van der Waals surface area contributed by atoms with Gasteiger partial charge in [-0.1, -0.05) is 18.2 Å². The molecule has 0 atom stereocenters. The molecule has 0 bridgehead atoms. The van der Waals surface area contributed by atoms with Crippen molar-refractivity contribution in [3.05, 3.63) is 58.9 Å². The van der Waals surface area contributed by atoms with E-state index in [4.69, 9.17) is 0 Å². The van der Waals surface area contributed by atoms with Gasteiger partial charge in [-0.15, -0.1) is 0 Å². The fourth-order valence-electron chi connectivity index (χ4n) is 1.81. The quantitative estimate of drug-likeness (QED) is 0.868. The van der Waals surface area contributed by atoms with Crippen LogP contribution >= 0.6 is 0 Å². The van der Waals surface area contributed by atoms with E-state index in [9.17, 15) is 14.3 Å². The van der Waals surface area contributed by atoms with Crippen LogP contribution in [-0.2, 0) is 0 Å². The van der Waals surface area contributed by atoms with Gasteiger partial charge in [0.1, 0.15) is 17.1 Å². The number of phenolic OH excluding ortho intramolecular Hbond substituents is 1. The van der Waals surface area contributed by atoms with Crippen LogP contribution in [0, 0.1) is 19.7 Å². The van der Waals surface area contributed by atoms with Crippen LogP contribution < -0.4 is 5.32 Å². The molecule has 0 aromatic heterocycles. The number of halogens is 1. The Morgan fingerprint density at radius 3 is 2.53 bits per heavy atom. The highest BCUT2D eigenvalue weighted by molar-refractivity contribution is 6.06. The lowest BCUT2D eigenvalue weighted by Gasteiger charge is -2.11. The first-order valence-electron chi connectivity index (χ1n) is 5.85. The van der Waals surface area contributed by atoms with Crippen LogP contribution in [0.25, 0.3) is 0 Å². The van der Waals surface area contributed by atoms with Gasteiger partial charge in [0.25, 0.3) is 5.91 Å². The molecule has 0 saturated carbocycles. The molecule has 0 heterocycles. The van der Waals surface area contributed by atoms with Gasteiger partial charge in [-0.05, 0) is 43.2 Å². The van der Waals surface area contributed by atoms with E-state index in [0.29, 0.717) is 5.69 Å². The maximum atomic E-state index is 13.6. The van der Waals surface area contributed by atoms with Gasteiger partial charge in [-0.3, -0.25) is 4.79 Å². The number of hydrogen-bond acceptors (Lipinski definition) is 2. The van der Waals surface area contributed by atoms with E-state index in [0.717, 1.165) is 17.2 Å². The average molecular weight is 259 g/mol. The Bertz CT molecular complexity index is 618. The third-order valence-electron chi connectivity index (χ3n) is 3.07. The third-order valence-corrected chi connectivity index (χ3v) is 3.07. The first-order chi connectivity index (χ1) is 9.00. The molecule has 3 nitrogen and oxygen atoms in total. The minimum absolute atomic E-state index is 0.344. The second-order valence-electron chi connectivity index (χ2n) is 4.34.